The van der Waals surface area contributed by atoms with Gasteiger partial charge in [0, 0.05) is 5.39 Å². The molecule has 0 saturated heterocycles. The summed E-state index contributed by atoms with van der Waals surface area (Å²) in [5.41, 5.74) is 4.70. The maximum Gasteiger partial charge on any atom is 0.275 e. The zero-order valence-electron chi connectivity index (χ0n) is 7.88. The van der Waals surface area contributed by atoms with Gasteiger partial charge >= 0.3 is 0 Å². The van der Waals surface area contributed by atoms with E-state index in [1.807, 2.05) is 6.07 Å². The molecule has 0 aliphatic carbocycles. The quantitative estimate of drug-likeness (QED) is 0.739. The molecule has 76 valence electrons. The molecule has 0 bridgehead atoms. The Balaban J connectivity index is 2.65. The smallest absolute Gasteiger partial charge is 0.275 e. The van der Waals surface area contributed by atoms with Crippen molar-refractivity contribution >= 4 is 16.7 Å². The number of amides is 1. The van der Waals surface area contributed by atoms with Crippen LogP contribution in [0.3, 0.4) is 0 Å². The van der Waals surface area contributed by atoms with Gasteiger partial charge in [0.2, 0.25) is 5.91 Å². The lowest BCUT2D eigenvalue weighted by Crippen LogP contribution is -2.29. The SMILES string of the molecule is NC(=O)Cn1ncc2ccccc2c1=O. The predicted octanol–water partition coefficient (Wildman–Crippen LogP) is -0.118. The van der Waals surface area contributed by atoms with Gasteiger partial charge in [-0.3, -0.25) is 9.59 Å². The highest BCUT2D eigenvalue weighted by atomic mass is 16.2. The Kier molecular flexibility index (Phi) is 2.21. The van der Waals surface area contributed by atoms with Crippen LogP contribution in [-0.2, 0) is 11.3 Å². The van der Waals surface area contributed by atoms with E-state index < -0.39 is 5.91 Å². The number of nitrogens with zero attached hydrogens (tertiary/aromatic N) is 2. The molecule has 1 amide bonds. The highest BCUT2D eigenvalue weighted by Gasteiger charge is 2.04. The zero-order valence-corrected chi connectivity index (χ0v) is 7.88. The number of carbonyl (C=O) groups excluding carboxylic acids is 1. The topological polar surface area (TPSA) is 78.0 Å². The lowest BCUT2D eigenvalue weighted by Gasteiger charge is -2.02. The number of rotatable bonds is 2. The Morgan fingerprint density at radius 2 is 2.13 bits per heavy atom. The van der Waals surface area contributed by atoms with Gasteiger partial charge in [0.1, 0.15) is 6.54 Å². The van der Waals surface area contributed by atoms with Gasteiger partial charge in [-0.1, -0.05) is 18.2 Å². The molecule has 5 nitrogen and oxygen atoms in total. The van der Waals surface area contributed by atoms with Gasteiger partial charge in [-0.05, 0) is 6.07 Å². The molecule has 1 aromatic carbocycles. The van der Waals surface area contributed by atoms with Crippen LogP contribution in [0.1, 0.15) is 0 Å². The van der Waals surface area contributed by atoms with E-state index in [9.17, 15) is 9.59 Å². The number of nitrogens with two attached hydrogens (primary N) is 1. The first-order valence-electron chi connectivity index (χ1n) is 4.41. The highest BCUT2D eigenvalue weighted by molar-refractivity contribution is 5.80. The molecule has 0 saturated carbocycles. The number of carbonyl (C=O) groups is 1. The maximum atomic E-state index is 11.8. The Morgan fingerprint density at radius 1 is 1.40 bits per heavy atom. The molecule has 5 heteroatoms. The van der Waals surface area contributed by atoms with Crippen LogP contribution in [0.15, 0.2) is 35.3 Å². The lowest BCUT2D eigenvalue weighted by molar-refractivity contribution is -0.118. The number of fused-ring (bicyclic) bond motifs is 1. The van der Waals surface area contributed by atoms with Crippen LogP contribution >= 0.6 is 0 Å². The van der Waals surface area contributed by atoms with Crippen LogP contribution in [0.2, 0.25) is 0 Å². The first kappa shape index (κ1) is 9.39. The Morgan fingerprint density at radius 3 is 2.87 bits per heavy atom. The lowest BCUT2D eigenvalue weighted by atomic mass is 10.2. The van der Waals surface area contributed by atoms with Gasteiger partial charge < -0.3 is 5.73 Å². The van der Waals surface area contributed by atoms with E-state index in [2.05, 4.69) is 5.10 Å². The van der Waals surface area contributed by atoms with Gasteiger partial charge in [-0.25, -0.2) is 4.68 Å². The van der Waals surface area contributed by atoms with Gasteiger partial charge in [0.05, 0.1) is 11.6 Å². The van der Waals surface area contributed by atoms with Crippen LogP contribution in [0.4, 0.5) is 0 Å². The molecule has 0 atom stereocenters. The van der Waals surface area contributed by atoms with Gasteiger partial charge in [-0.2, -0.15) is 5.10 Å². The van der Waals surface area contributed by atoms with Crippen LogP contribution in [0.25, 0.3) is 10.8 Å². The molecular weight excluding hydrogens is 194 g/mol. The summed E-state index contributed by atoms with van der Waals surface area (Å²) in [6, 6.07) is 7.06. The summed E-state index contributed by atoms with van der Waals surface area (Å²) in [6.07, 6.45) is 1.54. The summed E-state index contributed by atoms with van der Waals surface area (Å²) in [5, 5.41) is 5.14. The minimum Gasteiger partial charge on any atom is -0.368 e. The molecular formula is C10H9N3O2. The van der Waals surface area contributed by atoms with Crippen molar-refractivity contribution in [1.82, 2.24) is 9.78 Å². The minimum atomic E-state index is -0.583. The standard InChI is InChI=1S/C10H9N3O2/c11-9(14)6-13-10(15)8-4-2-1-3-7(8)5-12-13/h1-5H,6H2,(H2,11,14). The van der Waals surface area contributed by atoms with Crippen molar-refractivity contribution in [2.75, 3.05) is 0 Å². The molecule has 15 heavy (non-hydrogen) atoms. The second-order valence-electron chi connectivity index (χ2n) is 3.16. The molecule has 0 radical (unpaired) electrons. The van der Waals surface area contributed by atoms with Gasteiger partial charge in [-0.15, -0.1) is 0 Å². The number of hydrogen-bond acceptors (Lipinski definition) is 3. The Bertz CT molecular complexity index is 574. The van der Waals surface area contributed by atoms with Crippen molar-refractivity contribution < 1.29 is 4.79 Å². The third-order valence-corrected chi connectivity index (χ3v) is 2.07. The monoisotopic (exact) mass is 203 g/mol. The highest BCUT2D eigenvalue weighted by Crippen LogP contribution is 2.05. The average molecular weight is 203 g/mol. The molecule has 2 N–H and O–H groups in total. The molecule has 0 aliphatic rings. The fourth-order valence-electron chi connectivity index (χ4n) is 1.39. The van der Waals surface area contributed by atoms with Crippen molar-refractivity contribution in [1.29, 1.82) is 0 Å². The Labute approximate surface area is 85.1 Å². The third-order valence-electron chi connectivity index (χ3n) is 2.07. The van der Waals surface area contributed by atoms with Crippen molar-refractivity contribution in [2.45, 2.75) is 6.54 Å². The van der Waals surface area contributed by atoms with E-state index >= 15 is 0 Å². The van der Waals surface area contributed by atoms with E-state index in [0.29, 0.717) is 5.39 Å². The van der Waals surface area contributed by atoms with E-state index in [0.717, 1.165) is 10.1 Å². The molecule has 0 spiro atoms. The van der Waals surface area contributed by atoms with E-state index in [-0.39, 0.29) is 12.1 Å². The molecule has 1 aromatic heterocycles. The summed E-state index contributed by atoms with van der Waals surface area (Å²) in [5.74, 6) is -0.583. The first-order valence-corrected chi connectivity index (χ1v) is 4.41. The van der Waals surface area contributed by atoms with Crippen LogP contribution < -0.4 is 11.3 Å². The van der Waals surface area contributed by atoms with E-state index in [1.165, 1.54) is 0 Å². The normalized spacial score (nSPS) is 10.4. The fraction of sp³-hybridized carbons (Fsp3) is 0.100. The van der Waals surface area contributed by atoms with Crippen molar-refractivity contribution in [3.05, 3.63) is 40.8 Å². The number of hydrogen-bond donors (Lipinski definition) is 1. The average Bonchev–Trinajstić information content (AvgIpc) is 2.22. The van der Waals surface area contributed by atoms with Crippen LogP contribution in [0, 0.1) is 0 Å². The van der Waals surface area contributed by atoms with Gasteiger partial charge in [0.15, 0.2) is 0 Å². The summed E-state index contributed by atoms with van der Waals surface area (Å²) in [7, 11) is 0. The van der Waals surface area contributed by atoms with Crippen LogP contribution in [0.5, 0.6) is 0 Å². The Hall–Kier alpha value is -2.17. The zero-order chi connectivity index (χ0) is 10.8. The maximum absolute atomic E-state index is 11.8. The molecule has 1 heterocycles. The number of primary amides is 1. The summed E-state index contributed by atoms with van der Waals surface area (Å²) in [6.45, 7) is -0.191. The molecule has 0 aliphatic heterocycles. The number of benzene rings is 1. The van der Waals surface area contributed by atoms with Crippen LogP contribution in [-0.4, -0.2) is 15.7 Å². The molecule has 2 aromatic rings. The summed E-state index contributed by atoms with van der Waals surface area (Å²) in [4.78, 5) is 22.4. The summed E-state index contributed by atoms with van der Waals surface area (Å²) < 4.78 is 1.06. The van der Waals surface area contributed by atoms with Crippen molar-refractivity contribution in [2.24, 2.45) is 5.73 Å². The first-order chi connectivity index (χ1) is 7.18. The summed E-state index contributed by atoms with van der Waals surface area (Å²) >= 11 is 0. The molecule has 0 unspecified atom stereocenters. The molecule has 0 fully saturated rings. The second-order valence-corrected chi connectivity index (χ2v) is 3.16. The minimum absolute atomic E-state index is 0.191. The van der Waals surface area contributed by atoms with Gasteiger partial charge in [0.25, 0.3) is 5.56 Å². The largest absolute Gasteiger partial charge is 0.368 e. The van der Waals surface area contributed by atoms with Crippen molar-refractivity contribution in [3.63, 3.8) is 0 Å². The third kappa shape index (κ3) is 1.71. The second kappa shape index (κ2) is 3.53. The van der Waals surface area contributed by atoms with E-state index in [1.54, 1.807) is 24.4 Å². The van der Waals surface area contributed by atoms with Crippen molar-refractivity contribution in [3.8, 4) is 0 Å². The number of aromatic nitrogens is 2. The predicted molar refractivity (Wildman–Crippen MR) is 55.2 cm³/mol. The molecule has 2 rings (SSSR count). The van der Waals surface area contributed by atoms with E-state index in [4.69, 9.17) is 5.73 Å². The fourth-order valence-corrected chi connectivity index (χ4v) is 1.39.